The van der Waals surface area contributed by atoms with E-state index in [1.165, 1.54) is 30.5 Å². The highest BCUT2D eigenvalue weighted by Gasteiger charge is 2.82. The zero-order valence-electron chi connectivity index (χ0n) is 22.2. The van der Waals surface area contributed by atoms with Crippen molar-refractivity contribution in [1.82, 2.24) is 4.90 Å². The minimum atomic E-state index is -0.900. The van der Waals surface area contributed by atoms with Crippen molar-refractivity contribution >= 4 is 0 Å². The van der Waals surface area contributed by atoms with Gasteiger partial charge >= 0.3 is 0 Å². The first-order valence-electron chi connectivity index (χ1n) is 14.1. The molecule has 5 heteroatoms. The normalized spacial score (nSPS) is 43.0. The SMILES string of the molecule is CCC(C)(C)C(C)(O)[C@H]1C[C@@]23CC[C@]1(OC)[C@@H]1Oc4c(O)ccc5c4[C@@]12CCN(CC1CC1)[C@@H]3C5. The summed E-state index contributed by atoms with van der Waals surface area (Å²) in [5.74, 6) is 1.81. The van der Waals surface area contributed by atoms with Gasteiger partial charge in [0.2, 0.25) is 0 Å². The summed E-state index contributed by atoms with van der Waals surface area (Å²) >= 11 is 0. The molecule has 0 amide bonds. The number of hydrogen-bond acceptors (Lipinski definition) is 5. The summed E-state index contributed by atoms with van der Waals surface area (Å²) in [6.45, 7) is 11.0. The number of aromatic hydroxyl groups is 1. The summed E-state index contributed by atoms with van der Waals surface area (Å²) in [5.41, 5.74) is 0.836. The maximum atomic E-state index is 12.4. The molecule has 7 atom stereocenters. The van der Waals surface area contributed by atoms with Crippen LogP contribution < -0.4 is 4.74 Å². The number of ether oxygens (including phenoxy) is 2. The molecule has 1 aromatic carbocycles. The van der Waals surface area contributed by atoms with E-state index in [4.69, 9.17) is 9.47 Å². The smallest absolute Gasteiger partial charge is 0.165 e. The Labute approximate surface area is 210 Å². The van der Waals surface area contributed by atoms with Crippen LogP contribution in [-0.4, -0.2) is 58.7 Å². The Morgan fingerprint density at radius 1 is 1.17 bits per heavy atom. The number of nitrogens with zero attached hydrogens (tertiary/aromatic N) is 1. The second-order valence-electron chi connectivity index (χ2n) is 13.8. The van der Waals surface area contributed by atoms with Crippen molar-refractivity contribution in [2.45, 2.75) is 108 Å². The van der Waals surface area contributed by atoms with Crippen LogP contribution in [0, 0.1) is 22.7 Å². The Morgan fingerprint density at radius 2 is 1.94 bits per heavy atom. The minimum absolute atomic E-state index is 0.0248. The van der Waals surface area contributed by atoms with Crippen molar-refractivity contribution in [2.24, 2.45) is 22.7 Å². The number of aliphatic hydroxyl groups is 1. The maximum Gasteiger partial charge on any atom is 0.165 e. The third kappa shape index (κ3) is 2.43. The van der Waals surface area contributed by atoms with E-state index in [-0.39, 0.29) is 34.0 Å². The maximum absolute atomic E-state index is 12.4. The largest absolute Gasteiger partial charge is 0.504 e. The molecular weight excluding hydrogens is 438 g/mol. The Balaban J connectivity index is 1.46. The van der Waals surface area contributed by atoms with Crippen LogP contribution >= 0.6 is 0 Å². The van der Waals surface area contributed by atoms with Gasteiger partial charge in [0.15, 0.2) is 11.5 Å². The topological polar surface area (TPSA) is 62.2 Å². The molecule has 5 aliphatic carbocycles. The summed E-state index contributed by atoms with van der Waals surface area (Å²) in [4.78, 5) is 2.83. The van der Waals surface area contributed by atoms with E-state index in [2.05, 4.69) is 38.7 Å². The number of piperidine rings is 1. The van der Waals surface area contributed by atoms with Crippen molar-refractivity contribution in [3.8, 4) is 11.5 Å². The molecule has 4 saturated carbocycles. The van der Waals surface area contributed by atoms with E-state index in [9.17, 15) is 10.2 Å². The highest BCUT2D eigenvalue weighted by Crippen LogP contribution is 2.78. The average molecular weight is 482 g/mol. The van der Waals surface area contributed by atoms with Crippen molar-refractivity contribution in [3.05, 3.63) is 23.3 Å². The molecule has 192 valence electrons. The second-order valence-corrected chi connectivity index (χ2v) is 13.8. The number of rotatable bonds is 6. The van der Waals surface area contributed by atoms with Gasteiger partial charge in [0, 0.05) is 42.0 Å². The monoisotopic (exact) mass is 481 g/mol. The Kier molecular flexibility index (Phi) is 4.42. The average Bonchev–Trinajstić information content (AvgIpc) is 3.58. The standard InChI is InChI=1S/C30H43NO4/c1-6-26(2,3)27(4,33)21-16-28-11-12-30(21,34-5)25-29(28)13-14-31(17-18-7-8-18)22(28)15-19-9-10-20(32)24(35-25)23(19)29/h9-10,18,21-22,25,32-33H,6-8,11-17H2,1-5H3/t21-,22-,25-,27?,28-,29+,30-/m1/s1. The highest BCUT2D eigenvalue weighted by atomic mass is 16.6. The Hall–Kier alpha value is -1.30. The molecule has 2 N–H and O–H groups in total. The van der Waals surface area contributed by atoms with E-state index < -0.39 is 11.2 Å². The molecule has 2 aliphatic heterocycles. The third-order valence-electron chi connectivity index (χ3n) is 12.6. The fourth-order valence-electron chi connectivity index (χ4n) is 9.89. The molecule has 1 saturated heterocycles. The third-order valence-corrected chi connectivity index (χ3v) is 12.6. The van der Waals surface area contributed by atoms with Crippen molar-refractivity contribution in [1.29, 1.82) is 0 Å². The minimum Gasteiger partial charge on any atom is -0.504 e. The van der Waals surface area contributed by atoms with E-state index in [1.54, 1.807) is 0 Å². The molecule has 8 rings (SSSR count). The fraction of sp³-hybridized carbons (Fsp3) is 0.800. The molecule has 35 heavy (non-hydrogen) atoms. The second kappa shape index (κ2) is 6.76. The van der Waals surface area contributed by atoms with Crippen LogP contribution in [0.25, 0.3) is 0 Å². The molecule has 0 aromatic heterocycles. The van der Waals surface area contributed by atoms with E-state index in [0.717, 1.165) is 51.0 Å². The number of methoxy groups -OCH3 is 1. The van der Waals surface area contributed by atoms with Crippen LogP contribution in [0.2, 0.25) is 0 Å². The quantitative estimate of drug-likeness (QED) is 0.611. The van der Waals surface area contributed by atoms with Gasteiger partial charge in [-0.2, -0.15) is 0 Å². The van der Waals surface area contributed by atoms with Gasteiger partial charge in [-0.1, -0.05) is 26.8 Å². The molecule has 5 fully saturated rings. The predicted octanol–water partition coefficient (Wildman–Crippen LogP) is 4.80. The van der Waals surface area contributed by atoms with Gasteiger partial charge in [-0.25, -0.2) is 0 Å². The van der Waals surface area contributed by atoms with Gasteiger partial charge in [-0.3, -0.25) is 4.90 Å². The van der Waals surface area contributed by atoms with E-state index in [1.807, 2.05) is 13.2 Å². The Bertz CT molecular complexity index is 1080. The lowest BCUT2D eigenvalue weighted by Crippen LogP contribution is -2.83. The number of phenolic OH excluding ortho intramolecular Hbond substituents is 1. The van der Waals surface area contributed by atoms with Crippen molar-refractivity contribution in [2.75, 3.05) is 20.2 Å². The number of hydrogen-bond donors (Lipinski definition) is 2. The summed E-state index contributed by atoms with van der Waals surface area (Å²) < 4.78 is 13.5. The van der Waals surface area contributed by atoms with Gasteiger partial charge in [0.05, 0.1) is 5.60 Å². The number of benzene rings is 1. The van der Waals surface area contributed by atoms with Crippen molar-refractivity contribution < 1.29 is 19.7 Å². The van der Waals surface area contributed by atoms with E-state index >= 15 is 0 Å². The Morgan fingerprint density at radius 3 is 2.63 bits per heavy atom. The fourth-order valence-corrected chi connectivity index (χ4v) is 9.89. The lowest BCUT2D eigenvalue weighted by molar-refractivity contribution is -0.313. The first kappa shape index (κ1) is 22.9. The van der Waals surface area contributed by atoms with E-state index in [0.29, 0.717) is 11.8 Å². The number of likely N-dealkylation sites (tertiary alicyclic amines) is 1. The molecule has 1 aromatic rings. The molecular formula is C30H43NO4. The van der Waals surface area contributed by atoms with Gasteiger partial charge in [0.25, 0.3) is 0 Å². The lowest BCUT2D eigenvalue weighted by atomic mass is 9.33. The molecule has 1 unspecified atom stereocenters. The molecule has 2 heterocycles. The van der Waals surface area contributed by atoms with Crippen molar-refractivity contribution in [3.63, 3.8) is 0 Å². The first-order valence-corrected chi connectivity index (χ1v) is 14.1. The molecule has 7 aliphatic rings. The highest BCUT2D eigenvalue weighted by molar-refractivity contribution is 5.63. The zero-order valence-corrected chi connectivity index (χ0v) is 22.2. The summed E-state index contributed by atoms with van der Waals surface area (Å²) in [6, 6.07) is 4.47. The van der Waals surface area contributed by atoms with Crippen LogP contribution in [-0.2, 0) is 16.6 Å². The summed E-state index contributed by atoms with van der Waals surface area (Å²) in [5, 5.41) is 23.4. The number of fused-ring (bicyclic) bond motifs is 2. The summed E-state index contributed by atoms with van der Waals surface area (Å²) in [6.07, 6.45) is 8.56. The molecule has 4 bridgehead atoms. The summed E-state index contributed by atoms with van der Waals surface area (Å²) in [7, 11) is 1.84. The van der Waals surface area contributed by atoms with Gasteiger partial charge < -0.3 is 19.7 Å². The van der Waals surface area contributed by atoms with Crippen LogP contribution in [0.3, 0.4) is 0 Å². The first-order chi connectivity index (χ1) is 16.6. The van der Waals surface area contributed by atoms with Gasteiger partial charge in [-0.05, 0) is 87.8 Å². The zero-order chi connectivity index (χ0) is 24.6. The van der Waals surface area contributed by atoms with Gasteiger partial charge in [0.1, 0.15) is 11.7 Å². The van der Waals surface area contributed by atoms with Gasteiger partial charge in [-0.15, -0.1) is 0 Å². The lowest BCUT2D eigenvalue weighted by Gasteiger charge is -2.75. The number of phenols is 1. The predicted molar refractivity (Wildman–Crippen MR) is 135 cm³/mol. The van der Waals surface area contributed by atoms with Crippen LogP contribution in [0.1, 0.15) is 83.8 Å². The van der Waals surface area contributed by atoms with Crippen LogP contribution in [0.15, 0.2) is 12.1 Å². The van der Waals surface area contributed by atoms with Crippen LogP contribution in [0.4, 0.5) is 0 Å². The molecule has 2 spiro atoms. The van der Waals surface area contributed by atoms with Crippen LogP contribution in [0.5, 0.6) is 11.5 Å². The molecule has 5 nitrogen and oxygen atoms in total. The molecule has 0 radical (unpaired) electrons.